The normalized spacial score (nSPS) is 14.1. The minimum Gasteiger partial charge on any atom is -0.507 e. The van der Waals surface area contributed by atoms with Crippen LogP contribution in [0.2, 0.25) is 0 Å². The highest BCUT2D eigenvalue weighted by Crippen LogP contribution is 2.52. The van der Waals surface area contributed by atoms with Gasteiger partial charge >= 0.3 is 0 Å². The lowest BCUT2D eigenvalue weighted by atomic mass is 9.69. The molecule has 188 valence electrons. The Balaban J connectivity index is 1.79. The van der Waals surface area contributed by atoms with Gasteiger partial charge < -0.3 is 19.8 Å². The lowest BCUT2D eigenvalue weighted by molar-refractivity contribution is -0.120. The number of hydrogen-bond donors (Lipinski definition) is 2. The third kappa shape index (κ3) is 3.73. The summed E-state index contributed by atoms with van der Waals surface area (Å²) in [6.07, 6.45) is 0. The third-order valence-corrected chi connectivity index (χ3v) is 7.51. The number of anilines is 1. The molecule has 0 aromatic heterocycles. The van der Waals surface area contributed by atoms with Crippen LogP contribution in [0.3, 0.4) is 0 Å². The molecule has 5 rings (SSSR count). The molecule has 4 aromatic carbocycles. The number of carbonyl (C=O) groups excluding carboxylic acids is 1. The van der Waals surface area contributed by atoms with E-state index in [9.17, 15) is 15.0 Å². The second-order valence-corrected chi connectivity index (χ2v) is 9.92. The Labute approximate surface area is 217 Å². The number of para-hydroxylation sites is 1. The molecule has 1 aliphatic heterocycles. The number of phenolic OH excluding ortho intramolecular Hbond substituents is 2. The van der Waals surface area contributed by atoms with Gasteiger partial charge in [-0.25, -0.2) is 0 Å². The van der Waals surface area contributed by atoms with Crippen LogP contribution in [0.15, 0.2) is 72.8 Å². The first-order valence-corrected chi connectivity index (χ1v) is 12.3. The van der Waals surface area contributed by atoms with Crippen molar-refractivity contribution in [2.45, 2.75) is 39.7 Å². The summed E-state index contributed by atoms with van der Waals surface area (Å²) < 4.78 is 5.31. The molecule has 1 heterocycles. The summed E-state index contributed by atoms with van der Waals surface area (Å²) in [7, 11) is 1.63. The van der Waals surface area contributed by atoms with E-state index in [4.69, 9.17) is 4.74 Å². The Bertz CT molecular complexity index is 1420. The molecule has 37 heavy (non-hydrogen) atoms. The first-order valence-electron chi connectivity index (χ1n) is 12.3. The highest BCUT2D eigenvalue weighted by molar-refractivity contribution is 6.13. The lowest BCUT2D eigenvalue weighted by Gasteiger charge is -2.32. The predicted molar refractivity (Wildman–Crippen MR) is 146 cm³/mol. The zero-order valence-electron chi connectivity index (χ0n) is 21.8. The van der Waals surface area contributed by atoms with Gasteiger partial charge in [0.2, 0.25) is 5.91 Å². The standard InChI is InChI=1S/C32H31NO4/c1-19-14-24(15-20(2)29(19)34)32(25-16-21(3)30(35)22(4)17-25)27-8-6-7-9-28(27)33(31(32)36)18-23-10-12-26(37-5)13-11-23/h6-17,34-35H,18H2,1-5H3. The summed E-state index contributed by atoms with van der Waals surface area (Å²) in [5.74, 6) is 1.14. The number of hydrogen-bond acceptors (Lipinski definition) is 4. The number of amides is 1. The Morgan fingerprint density at radius 1 is 0.757 bits per heavy atom. The molecule has 5 heteroatoms. The van der Waals surface area contributed by atoms with Gasteiger partial charge in [0.25, 0.3) is 0 Å². The topological polar surface area (TPSA) is 70.0 Å². The van der Waals surface area contributed by atoms with Crippen molar-refractivity contribution in [3.8, 4) is 17.2 Å². The predicted octanol–water partition coefficient (Wildman–Crippen LogP) is 6.22. The van der Waals surface area contributed by atoms with Gasteiger partial charge in [-0.05, 0) is 84.8 Å². The van der Waals surface area contributed by atoms with Gasteiger partial charge in [-0.2, -0.15) is 0 Å². The van der Waals surface area contributed by atoms with Crippen LogP contribution >= 0.6 is 0 Å². The number of phenols is 2. The van der Waals surface area contributed by atoms with Crippen molar-refractivity contribution in [2.24, 2.45) is 0 Å². The van der Waals surface area contributed by atoms with Crippen molar-refractivity contribution in [1.29, 1.82) is 0 Å². The molecule has 0 bridgehead atoms. The van der Waals surface area contributed by atoms with Gasteiger partial charge in [0, 0.05) is 11.3 Å². The average Bonchev–Trinajstić information content (AvgIpc) is 3.14. The number of carbonyl (C=O) groups is 1. The molecular formula is C32H31NO4. The van der Waals surface area contributed by atoms with Gasteiger partial charge in [0.15, 0.2) is 0 Å². The summed E-state index contributed by atoms with van der Waals surface area (Å²) in [6, 6.07) is 23.3. The molecule has 0 aliphatic carbocycles. The molecule has 1 amide bonds. The fourth-order valence-electron chi connectivity index (χ4n) is 5.59. The van der Waals surface area contributed by atoms with Crippen molar-refractivity contribution >= 4 is 11.6 Å². The molecule has 0 fully saturated rings. The monoisotopic (exact) mass is 493 g/mol. The number of rotatable bonds is 5. The average molecular weight is 494 g/mol. The van der Waals surface area contributed by atoms with Crippen molar-refractivity contribution in [3.63, 3.8) is 0 Å². The first kappa shape index (κ1) is 24.4. The molecule has 4 aromatic rings. The molecular weight excluding hydrogens is 462 g/mol. The van der Waals surface area contributed by atoms with Crippen LogP contribution in [-0.2, 0) is 16.8 Å². The maximum Gasteiger partial charge on any atom is 0.247 e. The second-order valence-electron chi connectivity index (χ2n) is 9.92. The van der Waals surface area contributed by atoms with E-state index in [0.717, 1.165) is 33.7 Å². The van der Waals surface area contributed by atoms with E-state index in [1.165, 1.54) is 0 Å². The number of ether oxygens (including phenoxy) is 1. The number of nitrogens with zero attached hydrogens (tertiary/aromatic N) is 1. The van der Waals surface area contributed by atoms with Crippen LogP contribution in [0.25, 0.3) is 0 Å². The van der Waals surface area contributed by atoms with Gasteiger partial charge in [0.05, 0.1) is 13.7 Å². The summed E-state index contributed by atoms with van der Waals surface area (Å²) >= 11 is 0. The van der Waals surface area contributed by atoms with E-state index in [1.54, 1.807) is 7.11 Å². The van der Waals surface area contributed by atoms with Crippen LogP contribution in [0, 0.1) is 27.7 Å². The molecule has 0 radical (unpaired) electrons. The van der Waals surface area contributed by atoms with Crippen molar-refractivity contribution < 1.29 is 19.7 Å². The molecule has 0 unspecified atom stereocenters. The number of aryl methyl sites for hydroxylation is 4. The van der Waals surface area contributed by atoms with Gasteiger partial charge in [-0.1, -0.05) is 54.6 Å². The minimum atomic E-state index is -1.14. The van der Waals surface area contributed by atoms with E-state index in [1.807, 2.05) is 105 Å². The number of benzene rings is 4. The largest absolute Gasteiger partial charge is 0.507 e. The molecule has 1 aliphatic rings. The quantitative estimate of drug-likeness (QED) is 0.346. The number of fused-ring (bicyclic) bond motifs is 1. The number of methoxy groups -OCH3 is 1. The van der Waals surface area contributed by atoms with Crippen molar-refractivity contribution in [3.05, 3.63) is 117 Å². The Morgan fingerprint density at radius 2 is 1.24 bits per heavy atom. The fourth-order valence-corrected chi connectivity index (χ4v) is 5.59. The zero-order valence-corrected chi connectivity index (χ0v) is 21.8. The molecule has 0 spiro atoms. The minimum absolute atomic E-state index is 0.0708. The highest BCUT2D eigenvalue weighted by Gasteiger charge is 2.53. The van der Waals surface area contributed by atoms with Gasteiger partial charge in [0.1, 0.15) is 22.7 Å². The fraction of sp³-hybridized carbons (Fsp3) is 0.219. The molecule has 2 N–H and O–H groups in total. The summed E-state index contributed by atoms with van der Waals surface area (Å²) in [5, 5.41) is 21.1. The van der Waals surface area contributed by atoms with Gasteiger partial charge in [-0.3, -0.25) is 4.79 Å². The van der Waals surface area contributed by atoms with Crippen molar-refractivity contribution in [2.75, 3.05) is 12.0 Å². The van der Waals surface area contributed by atoms with Gasteiger partial charge in [-0.15, -0.1) is 0 Å². The molecule has 0 saturated heterocycles. The van der Waals surface area contributed by atoms with Crippen LogP contribution in [0.5, 0.6) is 17.2 Å². The molecule has 5 nitrogen and oxygen atoms in total. The third-order valence-electron chi connectivity index (χ3n) is 7.51. The van der Waals surface area contributed by atoms with Crippen molar-refractivity contribution in [1.82, 2.24) is 0 Å². The summed E-state index contributed by atoms with van der Waals surface area (Å²) in [4.78, 5) is 16.6. The first-order chi connectivity index (χ1) is 17.7. The maximum atomic E-state index is 14.8. The maximum absolute atomic E-state index is 14.8. The van der Waals surface area contributed by atoms with Crippen LogP contribution in [0.4, 0.5) is 5.69 Å². The lowest BCUT2D eigenvalue weighted by Crippen LogP contribution is -2.42. The highest BCUT2D eigenvalue weighted by atomic mass is 16.5. The van der Waals surface area contributed by atoms with Crippen LogP contribution in [0.1, 0.15) is 44.5 Å². The van der Waals surface area contributed by atoms with E-state index < -0.39 is 5.41 Å². The Morgan fingerprint density at radius 3 is 1.73 bits per heavy atom. The van der Waals surface area contributed by atoms with Crippen LogP contribution < -0.4 is 9.64 Å². The van der Waals surface area contributed by atoms with E-state index >= 15 is 0 Å². The molecule has 0 saturated carbocycles. The molecule has 0 atom stereocenters. The second kappa shape index (κ2) is 9.00. The number of aromatic hydroxyl groups is 2. The zero-order chi connectivity index (χ0) is 26.5. The van der Waals surface area contributed by atoms with Crippen LogP contribution in [-0.4, -0.2) is 23.2 Å². The van der Waals surface area contributed by atoms with E-state index in [0.29, 0.717) is 28.8 Å². The Kier molecular flexibility index (Phi) is 5.95. The van der Waals surface area contributed by atoms with E-state index in [2.05, 4.69) is 0 Å². The summed E-state index contributed by atoms with van der Waals surface area (Å²) in [6.45, 7) is 7.81. The Hall–Kier alpha value is -4.25. The summed E-state index contributed by atoms with van der Waals surface area (Å²) in [5.41, 5.74) is 5.98. The van der Waals surface area contributed by atoms with E-state index in [-0.39, 0.29) is 17.4 Å². The smallest absolute Gasteiger partial charge is 0.247 e. The SMILES string of the molecule is COc1ccc(CN2C(=O)C(c3cc(C)c(O)c(C)c3)(c3cc(C)c(O)c(C)c3)c3ccccc32)cc1.